The van der Waals surface area contributed by atoms with E-state index in [1.54, 1.807) is 0 Å². The number of halogens is 1. The Morgan fingerprint density at radius 3 is 3.13 bits per heavy atom. The third-order valence-corrected chi connectivity index (χ3v) is 3.26. The van der Waals surface area contributed by atoms with Gasteiger partial charge < -0.3 is 15.6 Å². The summed E-state index contributed by atoms with van der Waals surface area (Å²) in [7, 11) is 0. The van der Waals surface area contributed by atoms with Crippen molar-refractivity contribution in [3.63, 3.8) is 0 Å². The highest BCUT2D eigenvalue weighted by Crippen LogP contribution is 2.37. The van der Waals surface area contributed by atoms with Crippen LogP contribution in [0.25, 0.3) is 0 Å². The zero-order valence-corrected chi connectivity index (χ0v) is 9.90. The molecule has 3 nitrogen and oxygen atoms in total. The molecule has 4 heteroatoms. The van der Waals surface area contributed by atoms with Gasteiger partial charge in [0.2, 0.25) is 0 Å². The molecule has 0 spiro atoms. The third kappa shape index (κ3) is 2.17. The van der Waals surface area contributed by atoms with Gasteiger partial charge in [-0.2, -0.15) is 0 Å². The molecule has 0 saturated heterocycles. The van der Waals surface area contributed by atoms with Gasteiger partial charge in [-0.15, -0.1) is 0 Å². The molecule has 0 radical (unpaired) electrons. The molecule has 15 heavy (non-hydrogen) atoms. The molecule has 82 valence electrons. The summed E-state index contributed by atoms with van der Waals surface area (Å²) >= 11 is 3.42. The Hall–Kier alpha value is -0.580. The molecular weight excluding hydrogens is 258 g/mol. The van der Waals surface area contributed by atoms with Crippen molar-refractivity contribution >= 4 is 15.9 Å². The molecule has 3 N–H and O–H groups in total. The lowest BCUT2D eigenvalue weighted by atomic mass is 9.88. The number of ether oxygens (including phenoxy) is 1. The van der Waals surface area contributed by atoms with E-state index in [0.29, 0.717) is 6.61 Å². The van der Waals surface area contributed by atoms with E-state index in [1.807, 2.05) is 18.2 Å². The van der Waals surface area contributed by atoms with Crippen LogP contribution in [0, 0.1) is 0 Å². The summed E-state index contributed by atoms with van der Waals surface area (Å²) in [5.74, 6) is 0.957. The van der Waals surface area contributed by atoms with E-state index in [1.165, 1.54) is 0 Å². The average molecular weight is 272 g/mol. The molecule has 1 aromatic rings. The summed E-state index contributed by atoms with van der Waals surface area (Å²) in [5, 5.41) is 9.82. The van der Waals surface area contributed by atoms with Gasteiger partial charge in [-0.1, -0.05) is 15.9 Å². The fraction of sp³-hybridized carbons (Fsp3) is 0.455. The fourth-order valence-corrected chi connectivity index (χ4v) is 2.33. The van der Waals surface area contributed by atoms with Crippen molar-refractivity contribution in [1.29, 1.82) is 0 Å². The minimum atomic E-state index is -0.484. The minimum absolute atomic E-state index is 0.0937. The maximum Gasteiger partial charge on any atom is 0.122 e. The van der Waals surface area contributed by atoms with Crippen molar-refractivity contribution in [2.75, 3.05) is 13.2 Å². The molecule has 0 aliphatic carbocycles. The van der Waals surface area contributed by atoms with E-state index < -0.39 is 6.10 Å². The summed E-state index contributed by atoms with van der Waals surface area (Å²) in [6, 6.07) is 5.86. The van der Waals surface area contributed by atoms with Crippen LogP contribution in [0.2, 0.25) is 0 Å². The Morgan fingerprint density at radius 2 is 2.40 bits per heavy atom. The van der Waals surface area contributed by atoms with E-state index in [2.05, 4.69) is 15.9 Å². The highest BCUT2D eigenvalue weighted by atomic mass is 79.9. The molecule has 2 atom stereocenters. The lowest BCUT2D eigenvalue weighted by molar-refractivity contribution is 0.123. The van der Waals surface area contributed by atoms with E-state index >= 15 is 0 Å². The van der Waals surface area contributed by atoms with E-state index in [4.69, 9.17) is 10.5 Å². The number of aliphatic hydroxyl groups excluding tert-OH is 1. The Morgan fingerprint density at radius 1 is 1.60 bits per heavy atom. The van der Waals surface area contributed by atoms with Crippen LogP contribution < -0.4 is 10.5 Å². The predicted octanol–water partition coefficient (Wildman–Crippen LogP) is 1.63. The van der Waals surface area contributed by atoms with Gasteiger partial charge in [0.05, 0.1) is 12.7 Å². The molecule has 2 unspecified atom stereocenters. The van der Waals surface area contributed by atoms with Crippen LogP contribution in [0.3, 0.4) is 0 Å². The summed E-state index contributed by atoms with van der Waals surface area (Å²) in [6.45, 7) is 0.937. The first kappa shape index (κ1) is 10.9. The van der Waals surface area contributed by atoms with Gasteiger partial charge in [0.1, 0.15) is 5.75 Å². The van der Waals surface area contributed by atoms with Crippen molar-refractivity contribution < 1.29 is 9.84 Å². The molecule has 0 fully saturated rings. The molecule has 1 aliphatic rings. The quantitative estimate of drug-likeness (QED) is 0.860. The maximum atomic E-state index is 9.82. The second-order valence-corrected chi connectivity index (χ2v) is 4.64. The summed E-state index contributed by atoms with van der Waals surface area (Å²) in [6.07, 6.45) is 0.337. The van der Waals surface area contributed by atoms with Gasteiger partial charge >= 0.3 is 0 Å². The predicted molar refractivity (Wildman–Crippen MR) is 62.1 cm³/mol. The lowest BCUT2D eigenvalue weighted by Gasteiger charge is -2.29. The summed E-state index contributed by atoms with van der Waals surface area (Å²) in [4.78, 5) is 0. The first-order valence-corrected chi connectivity index (χ1v) is 5.82. The van der Waals surface area contributed by atoms with Crippen LogP contribution in [0.4, 0.5) is 0 Å². The zero-order valence-electron chi connectivity index (χ0n) is 8.32. The summed E-state index contributed by atoms with van der Waals surface area (Å²) < 4.78 is 6.53. The molecule has 2 rings (SSSR count). The Labute approximate surface area is 97.4 Å². The standard InChI is InChI=1S/C11H14BrNO2/c12-7-1-2-11-9(5-7)8(3-4-15-11)10(14)6-13/h1-2,5,8,10,14H,3-4,6,13H2. The van der Waals surface area contributed by atoms with Gasteiger partial charge in [0, 0.05) is 22.5 Å². The Balaban J connectivity index is 2.36. The molecule has 0 aromatic heterocycles. The van der Waals surface area contributed by atoms with Crippen molar-refractivity contribution in [3.05, 3.63) is 28.2 Å². The maximum absolute atomic E-state index is 9.82. The van der Waals surface area contributed by atoms with Gasteiger partial charge in [0.25, 0.3) is 0 Å². The lowest BCUT2D eigenvalue weighted by Crippen LogP contribution is -2.31. The van der Waals surface area contributed by atoms with Crippen LogP contribution >= 0.6 is 15.9 Å². The highest BCUT2D eigenvalue weighted by Gasteiger charge is 2.26. The minimum Gasteiger partial charge on any atom is -0.493 e. The topological polar surface area (TPSA) is 55.5 Å². The Kier molecular flexibility index (Phi) is 3.29. The van der Waals surface area contributed by atoms with Crippen LogP contribution in [-0.4, -0.2) is 24.4 Å². The number of nitrogens with two attached hydrogens (primary N) is 1. The van der Waals surface area contributed by atoms with Crippen molar-refractivity contribution in [1.82, 2.24) is 0 Å². The number of fused-ring (bicyclic) bond motifs is 1. The zero-order chi connectivity index (χ0) is 10.8. The number of rotatable bonds is 2. The first-order valence-electron chi connectivity index (χ1n) is 5.02. The van der Waals surface area contributed by atoms with Crippen LogP contribution in [0.1, 0.15) is 17.9 Å². The number of benzene rings is 1. The van der Waals surface area contributed by atoms with Crippen LogP contribution in [-0.2, 0) is 0 Å². The second kappa shape index (κ2) is 4.51. The van der Waals surface area contributed by atoms with Crippen molar-refractivity contribution in [3.8, 4) is 5.75 Å². The molecule has 1 heterocycles. The molecule has 0 saturated carbocycles. The number of hydrogen-bond acceptors (Lipinski definition) is 3. The van der Waals surface area contributed by atoms with Gasteiger partial charge in [-0.05, 0) is 24.6 Å². The number of aliphatic hydroxyl groups is 1. The fourth-order valence-electron chi connectivity index (χ4n) is 1.96. The van der Waals surface area contributed by atoms with Crippen LogP contribution in [0.15, 0.2) is 22.7 Å². The van der Waals surface area contributed by atoms with Crippen molar-refractivity contribution in [2.45, 2.75) is 18.4 Å². The van der Waals surface area contributed by atoms with Gasteiger partial charge in [-0.3, -0.25) is 0 Å². The Bertz CT molecular complexity index is 356. The highest BCUT2D eigenvalue weighted by molar-refractivity contribution is 9.10. The summed E-state index contributed by atoms with van der Waals surface area (Å²) in [5.41, 5.74) is 6.55. The van der Waals surface area contributed by atoms with Crippen molar-refractivity contribution in [2.24, 2.45) is 5.73 Å². The normalized spacial score (nSPS) is 21.7. The van der Waals surface area contributed by atoms with E-state index in [0.717, 1.165) is 22.2 Å². The smallest absolute Gasteiger partial charge is 0.122 e. The monoisotopic (exact) mass is 271 g/mol. The van der Waals surface area contributed by atoms with Crippen LogP contribution in [0.5, 0.6) is 5.75 Å². The van der Waals surface area contributed by atoms with E-state index in [-0.39, 0.29) is 12.5 Å². The molecule has 0 amide bonds. The SMILES string of the molecule is NCC(O)C1CCOc2ccc(Br)cc21. The molecular formula is C11H14BrNO2. The number of hydrogen-bond donors (Lipinski definition) is 2. The third-order valence-electron chi connectivity index (χ3n) is 2.76. The van der Waals surface area contributed by atoms with Gasteiger partial charge in [0.15, 0.2) is 0 Å². The van der Waals surface area contributed by atoms with Gasteiger partial charge in [-0.25, -0.2) is 0 Å². The second-order valence-electron chi connectivity index (χ2n) is 3.73. The molecule has 1 aromatic carbocycles. The average Bonchev–Trinajstić information content (AvgIpc) is 2.27. The largest absolute Gasteiger partial charge is 0.493 e. The first-order chi connectivity index (χ1) is 7.22. The van der Waals surface area contributed by atoms with E-state index in [9.17, 15) is 5.11 Å². The molecule has 1 aliphatic heterocycles. The molecule has 0 bridgehead atoms.